The molecular formula is C29H30N2O9. The number of hydrogen-bond donors (Lipinski definition) is 2. The summed E-state index contributed by atoms with van der Waals surface area (Å²) >= 11 is 0. The lowest BCUT2D eigenvalue weighted by atomic mass is 9.87. The van der Waals surface area contributed by atoms with Crippen molar-refractivity contribution in [2.45, 2.75) is 31.2 Å². The molecule has 1 aliphatic rings. The molecule has 0 aromatic heterocycles. The number of methoxy groups -OCH3 is 2. The van der Waals surface area contributed by atoms with Crippen molar-refractivity contribution in [1.82, 2.24) is 4.90 Å². The third-order valence-corrected chi connectivity index (χ3v) is 6.70. The molecule has 1 aliphatic heterocycles. The maximum atomic E-state index is 12.9. The Bertz CT molecular complexity index is 1330. The summed E-state index contributed by atoms with van der Waals surface area (Å²) in [5.41, 5.74) is 6.36. The summed E-state index contributed by atoms with van der Waals surface area (Å²) in [6, 6.07) is 20.2. The van der Waals surface area contributed by atoms with Gasteiger partial charge in [-0.1, -0.05) is 36.4 Å². The second kappa shape index (κ2) is 12.4. The lowest BCUT2D eigenvalue weighted by Gasteiger charge is -2.34. The summed E-state index contributed by atoms with van der Waals surface area (Å²) in [6.07, 6.45) is -1.43. The fourth-order valence-corrected chi connectivity index (χ4v) is 4.48. The van der Waals surface area contributed by atoms with Gasteiger partial charge in [-0.15, -0.1) is 0 Å². The summed E-state index contributed by atoms with van der Waals surface area (Å²) in [4.78, 5) is 38.3. The Morgan fingerprint density at radius 1 is 0.825 bits per heavy atom. The van der Waals surface area contributed by atoms with Crippen LogP contribution in [0.2, 0.25) is 0 Å². The molecule has 1 saturated heterocycles. The molecule has 11 nitrogen and oxygen atoms in total. The van der Waals surface area contributed by atoms with Crippen LogP contribution in [0.5, 0.6) is 17.2 Å². The average Bonchev–Trinajstić information content (AvgIpc) is 3.34. The first kappa shape index (κ1) is 28.2. The van der Waals surface area contributed by atoms with Gasteiger partial charge in [-0.25, -0.2) is 14.4 Å². The van der Waals surface area contributed by atoms with E-state index in [2.05, 4.69) is 0 Å². The Morgan fingerprint density at radius 3 is 1.82 bits per heavy atom. The third-order valence-electron chi connectivity index (χ3n) is 6.70. The SMILES string of the molecule is COc1ccc(COC(=O)Oc2ccc(C3CCN(C(=O)OCc4ccc(OC)cc4)[C@]3(N)C(=O)O)cc2)cc1. The monoisotopic (exact) mass is 550 g/mol. The zero-order chi connectivity index (χ0) is 28.7. The summed E-state index contributed by atoms with van der Waals surface area (Å²) in [5.74, 6) is -0.540. The molecule has 210 valence electrons. The normalized spacial score (nSPS) is 18.1. The molecule has 0 aliphatic carbocycles. The number of amides is 1. The van der Waals surface area contributed by atoms with E-state index in [1.54, 1.807) is 74.9 Å². The highest BCUT2D eigenvalue weighted by Crippen LogP contribution is 2.40. The molecule has 1 unspecified atom stereocenters. The number of aliphatic carboxylic acids is 1. The second-order valence-corrected chi connectivity index (χ2v) is 9.08. The van der Waals surface area contributed by atoms with Crippen molar-refractivity contribution in [3.8, 4) is 17.2 Å². The van der Waals surface area contributed by atoms with Crippen molar-refractivity contribution < 1.29 is 43.2 Å². The molecule has 3 aromatic carbocycles. The fourth-order valence-electron chi connectivity index (χ4n) is 4.48. The summed E-state index contributed by atoms with van der Waals surface area (Å²) < 4.78 is 25.9. The molecule has 2 atom stereocenters. The van der Waals surface area contributed by atoms with Gasteiger partial charge in [0.1, 0.15) is 30.5 Å². The van der Waals surface area contributed by atoms with E-state index in [9.17, 15) is 19.5 Å². The van der Waals surface area contributed by atoms with Gasteiger partial charge in [-0.05, 0) is 59.5 Å². The zero-order valence-corrected chi connectivity index (χ0v) is 22.1. The maximum absolute atomic E-state index is 12.9. The first-order chi connectivity index (χ1) is 19.2. The number of rotatable bonds is 9. The largest absolute Gasteiger partial charge is 0.514 e. The van der Waals surface area contributed by atoms with E-state index in [4.69, 9.17) is 29.4 Å². The van der Waals surface area contributed by atoms with E-state index < -0.39 is 29.8 Å². The molecule has 0 saturated carbocycles. The number of carboxylic acid groups (broad SMARTS) is 1. The van der Waals surface area contributed by atoms with Crippen LogP contribution in [0.25, 0.3) is 0 Å². The van der Waals surface area contributed by atoms with Gasteiger partial charge >= 0.3 is 18.2 Å². The van der Waals surface area contributed by atoms with Crippen LogP contribution >= 0.6 is 0 Å². The molecule has 4 rings (SSSR count). The first-order valence-electron chi connectivity index (χ1n) is 12.4. The van der Waals surface area contributed by atoms with Gasteiger partial charge in [0.05, 0.1) is 14.2 Å². The Kier molecular flexibility index (Phi) is 8.75. The number of nitrogens with two attached hydrogens (primary N) is 1. The minimum absolute atomic E-state index is 0.0156. The van der Waals surface area contributed by atoms with Crippen LogP contribution in [0.3, 0.4) is 0 Å². The summed E-state index contributed by atoms with van der Waals surface area (Å²) in [6.45, 7) is 0.0484. The van der Waals surface area contributed by atoms with E-state index >= 15 is 0 Å². The molecule has 3 aromatic rings. The van der Waals surface area contributed by atoms with Gasteiger partial charge in [-0.2, -0.15) is 0 Å². The molecule has 3 N–H and O–H groups in total. The van der Waals surface area contributed by atoms with Crippen molar-refractivity contribution in [3.05, 3.63) is 89.5 Å². The Labute approximate surface area is 231 Å². The molecule has 0 spiro atoms. The van der Waals surface area contributed by atoms with Crippen LogP contribution in [0, 0.1) is 0 Å². The standard InChI is InChI=1S/C29H30N2O9/c1-36-22-9-3-19(4-10-22)17-38-27(34)31-16-15-25(29(31,30)26(32)33)21-7-13-24(14-8-21)40-28(35)39-18-20-5-11-23(37-2)12-6-20/h3-14,25H,15-18,30H2,1-2H3,(H,32,33)/t25?,29-/m0/s1. The number of nitrogens with zero attached hydrogens (tertiary/aromatic N) is 1. The van der Waals surface area contributed by atoms with Crippen LogP contribution in [0.4, 0.5) is 9.59 Å². The number of ether oxygens (including phenoxy) is 5. The van der Waals surface area contributed by atoms with Gasteiger partial charge in [0.2, 0.25) is 5.66 Å². The average molecular weight is 551 g/mol. The van der Waals surface area contributed by atoms with Crippen LogP contribution < -0.4 is 19.9 Å². The van der Waals surface area contributed by atoms with Crippen molar-refractivity contribution in [2.24, 2.45) is 5.73 Å². The molecular weight excluding hydrogens is 520 g/mol. The maximum Gasteiger partial charge on any atom is 0.514 e. The van der Waals surface area contributed by atoms with Crippen LogP contribution in [-0.2, 0) is 27.5 Å². The van der Waals surface area contributed by atoms with Gasteiger partial charge in [0.15, 0.2) is 0 Å². The number of benzene rings is 3. The Morgan fingerprint density at radius 2 is 1.32 bits per heavy atom. The van der Waals surface area contributed by atoms with Crippen molar-refractivity contribution in [2.75, 3.05) is 20.8 Å². The molecule has 1 heterocycles. The van der Waals surface area contributed by atoms with Gasteiger partial charge in [-0.3, -0.25) is 10.6 Å². The minimum Gasteiger partial charge on any atom is -0.497 e. The number of likely N-dealkylation sites (tertiary alicyclic amines) is 1. The zero-order valence-electron chi connectivity index (χ0n) is 22.1. The second-order valence-electron chi connectivity index (χ2n) is 9.08. The molecule has 1 amide bonds. The lowest BCUT2D eigenvalue weighted by Crippen LogP contribution is -2.62. The van der Waals surface area contributed by atoms with Crippen molar-refractivity contribution in [3.63, 3.8) is 0 Å². The quantitative estimate of drug-likeness (QED) is 0.292. The third kappa shape index (κ3) is 6.26. The predicted molar refractivity (Wildman–Crippen MR) is 142 cm³/mol. The number of carbonyl (C=O) groups excluding carboxylic acids is 2. The fraction of sp³-hybridized carbons (Fsp3) is 0.276. The highest BCUT2D eigenvalue weighted by Gasteiger charge is 2.55. The Hall–Kier alpha value is -4.77. The number of carbonyl (C=O) groups is 3. The van der Waals surface area contributed by atoms with Crippen molar-refractivity contribution in [1.29, 1.82) is 0 Å². The van der Waals surface area contributed by atoms with E-state index in [1.165, 1.54) is 12.1 Å². The van der Waals surface area contributed by atoms with Crippen LogP contribution in [0.15, 0.2) is 72.8 Å². The Balaban J connectivity index is 1.36. The summed E-state index contributed by atoms with van der Waals surface area (Å²) in [5, 5.41) is 10.0. The molecule has 0 radical (unpaired) electrons. The smallest absolute Gasteiger partial charge is 0.497 e. The first-order valence-corrected chi connectivity index (χ1v) is 12.4. The van der Waals surface area contributed by atoms with Gasteiger partial charge < -0.3 is 28.8 Å². The molecule has 11 heteroatoms. The van der Waals surface area contributed by atoms with Crippen molar-refractivity contribution >= 4 is 18.2 Å². The van der Waals surface area contributed by atoms with Gasteiger partial charge in [0, 0.05) is 12.5 Å². The predicted octanol–water partition coefficient (Wildman–Crippen LogP) is 4.29. The van der Waals surface area contributed by atoms with E-state index in [1.807, 2.05) is 0 Å². The lowest BCUT2D eigenvalue weighted by molar-refractivity contribution is -0.149. The van der Waals surface area contributed by atoms with Crippen LogP contribution in [0.1, 0.15) is 29.0 Å². The number of hydrogen-bond acceptors (Lipinski definition) is 9. The number of carboxylic acids is 1. The van der Waals surface area contributed by atoms with E-state index in [0.717, 1.165) is 10.5 Å². The topological polar surface area (TPSA) is 147 Å². The molecule has 40 heavy (non-hydrogen) atoms. The minimum atomic E-state index is -2.03. The highest BCUT2D eigenvalue weighted by atomic mass is 16.7. The van der Waals surface area contributed by atoms with E-state index in [0.29, 0.717) is 29.0 Å². The summed E-state index contributed by atoms with van der Waals surface area (Å²) in [7, 11) is 3.11. The van der Waals surface area contributed by atoms with E-state index in [-0.39, 0.29) is 25.5 Å². The molecule has 1 fully saturated rings. The van der Waals surface area contributed by atoms with Crippen LogP contribution in [-0.4, -0.2) is 54.7 Å². The van der Waals surface area contributed by atoms with Gasteiger partial charge in [0.25, 0.3) is 0 Å². The highest BCUT2D eigenvalue weighted by molar-refractivity contribution is 5.86. The molecule has 0 bridgehead atoms.